The number of likely N-dealkylation sites (tertiary alicyclic amines) is 1. The average molecular weight is 478 g/mol. The van der Waals surface area contributed by atoms with Gasteiger partial charge in [0.2, 0.25) is 0 Å². The van der Waals surface area contributed by atoms with Crippen LogP contribution in [-0.4, -0.2) is 29.1 Å². The molecule has 4 nitrogen and oxygen atoms in total. The summed E-state index contributed by atoms with van der Waals surface area (Å²) in [5.74, 6) is -0.111. The van der Waals surface area contributed by atoms with Crippen LogP contribution in [0.3, 0.4) is 0 Å². The summed E-state index contributed by atoms with van der Waals surface area (Å²) in [6, 6.07) is 37.7. The normalized spacial score (nSPS) is 15.3. The molecule has 5 rings (SSSR count). The summed E-state index contributed by atoms with van der Waals surface area (Å²) in [5.41, 5.74) is 5.86. The largest absolute Gasteiger partial charge is 0.489 e. The number of rotatable bonds is 8. The lowest BCUT2D eigenvalue weighted by Gasteiger charge is -2.37. The van der Waals surface area contributed by atoms with E-state index in [0.717, 1.165) is 30.0 Å². The maximum absolute atomic E-state index is 11.5. The van der Waals surface area contributed by atoms with E-state index in [-0.39, 0.29) is 12.0 Å². The second kappa shape index (κ2) is 11.2. The molecule has 0 aromatic heterocycles. The molecule has 0 radical (unpaired) electrons. The molecular weight excluding hydrogens is 446 g/mol. The number of benzene rings is 4. The first-order valence-corrected chi connectivity index (χ1v) is 12.6. The Hall–Kier alpha value is -3.89. The summed E-state index contributed by atoms with van der Waals surface area (Å²) < 4.78 is 6.14. The van der Waals surface area contributed by atoms with E-state index in [1.54, 1.807) is 0 Å². The minimum Gasteiger partial charge on any atom is -0.489 e. The molecule has 4 aromatic carbocycles. The Morgan fingerprint density at radius 3 is 2.08 bits per heavy atom. The smallest absolute Gasteiger partial charge is 0.306 e. The topological polar surface area (TPSA) is 49.8 Å². The Bertz CT molecular complexity index is 1260. The van der Waals surface area contributed by atoms with Crippen LogP contribution in [0.25, 0.3) is 11.1 Å². The Morgan fingerprint density at radius 2 is 1.42 bits per heavy atom. The molecule has 1 atom stereocenters. The lowest BCUT2D eigenvalue weighted by atomic mass is 9.90. The van der Waals surface area contributed by atoms with Gasteiger partial charge in [-0.1, -0.05) is 97.1 Å². The summed E-state index contributed by atoms with van der Waals surface area (Å²) in [6.45, 7) is 2.01. The van der Waals surface area contributed by atoms with Crippen LogP contribution < -0.4 is 4.74 Å². The highest BCUT2D eigenvalue weighted by Gasteiger charge is 2.30. The zero-order valence-electron chi connectivity index (χ0n) is 20.3. The Labute approximate surface area is 212 Å². The highest BCUT2D eigenvalue weighted by molar-refractivity contribution is 5.70. The second-order valence-electron chi connectivity index (χ2n) is 9.39. The zero-order valence-corrected chi connectivity index (χ0v) is 20.3. The molecule has 4 aromatic rings. The van der Waals surface area contributed by atoms with E-state index in [1.807, 2.05) is 36.4 Å². The monoisotopic (exact) mass is 477 g/mol. The van der Waals surface area contributed by atoms with Gasteiger partial charge >= 0.3 is 5.97 Å². The van der Waals surface area contributed by atoms with Gasteiger partial charge in [0.1, 0.15) is 12.4 Å². The van der Waals surface area contributed by atoms with Crippen LogP contribution in [0.15, 0.2) is 109 Å². The molecule has 4 heteroatoms. The lowest BCUT2D eigenvalue weighted by Crippen LogP contribution is -2.39. The SMILES string of the molecule is O=C(O)C1CCN(C(c2ccc(-c3ccccc3)cc2)c2cccc(OCc3ccccc3)c2)CC1. The van der Waals surface area contributed by atoms with E-state index in [1.165, 1.54) is 16.7 Å². The quantitative estimate of drug-likeness (QED) is 0.303. The Balaban J connectivity index is 1.42. The van der Waals surface area contributed by atoms with Gasteiger partial charge < -0.3 is 9.84 Å². The Morgan fingerprint density at radius 1 is 0.778 bits per heavy atom. The predicted molar refractivity (Wildman–Crippen MR) is 143 cm³/mol. The molecule has 1 N–H and O–H groups in total. The van der Waals surface area contributed by atoms with E-state index in [4.69, 9.17) is 4.74 Å². The molecule has 1 heterocycles. The van der Waals surface area contributed by atoms with Gasteiger partial charge in [-0.15, -0.1) is 0 Å². The van der Waals surface area contributed by atoms with Gasteiger partial charge in [0.05, 0.1) is 12.0 Å². The highest BCUT2D eigenvalue weighted by atomic mass is 16.5. The van der Waals surface area contributed by atoms with Crippen molar-refractivity contribution in [1.29, 1.82) is 0 Å². The molecule has 0 saturated carbocycles. The van der Waals surface area contributed by atoms with E-state index in [9.17, 15) is 9.90 Å². The molecule has 1 aliphatic rings. The molecule has 1 saturated heterocycles. The van der Waals surface area contributed by atoms with Gasteiger partial charge in [-0.25, -0.2) is 0 Å². The van der Waals surface area contributed by atoms with Crippen LogP contribution in [-0.2, 0) is 11.4 Å². The number of hydrogen-bond donors (Lipinski definition) is 1. The molecule has 0 amide bonds. The van der Waals surface area contributed by atoms with Crippen LogP contribution in [0.5, 0.6) is 5.75 Å². The maximum Gasteiger partial charge on any atom is 0.306 e. The first-order valence-electron chi connectivity index (χ1n) is 12.6. The van der Waals surface area contributed by atoms with Crippen molar-refractivity contribution in [2.45, 2.75) is 25.5 Å². The molecular formula is C32H31NO3. The number of carboxylic acids is 1. The van der Waals surface area contributed by atoms with Crippen molar-refractivity contribution in [3.63, 3.8) is 0 Å². The predicted octanol–water partition coefficient (Wildman–Crippen LogP) is 6.82. The van der Waals surface area contributed by atoms with Crippen molar-refractivity contribution in [2.24, 2.45) is 5.92 Å². The zero-order chi connectivity index (χ0) is 24.7. The van der Waals surface area contributed by atoms with Crippen LogP contribution in [0.2, 0.25) is 0 Å². The van der Waals surface area contributed by atoms with E-state index >= 15 is 0 Å². The van der Waals surface area contributed by atoms with Gasteiger partial charge in [-0.2, -0.15) is 0 Å². The maximum atomic E-state index is 11.5. The summed E-state index contributed by atoms with van der Waals surface area (Å²) in [7, 11) is 0. The van der Waals surface area contributed by atoms with Gasteiger partial charge in [0.15, 0.2) is 0 Å². The number of hydrogen-bond acceptors (Lipinski definition) is 3. The fourth-order valence-electron chi connectivity index (χ4n) is 5.02. The van der Waals surface area contributed by atoms with Crippen molar-refractivity contribution in [1.82, 2.24) is 4.90 Å². The van der Waals surface area contributed by atoms with Gasteiger partial charge in [-0.3, -0.25) is 9.69 Å². The number of piperidine rings is 1. The Kier molecular flexibility index (Phi) is 7.44. The average Bonchev–Trinajstić information content (AvgIpc) is 2.94. The number of ether oxygens (including phenoxy) is 1. The van der Waals surface area contributed by atoms with Gasteiger partial charge in [-0.05, 0) is 65.9 Å². The lowest BCUT2D eigenvalue weighted by molar-refractivity contribution is -0.143. The third kappa shape index (κ3) is 5.67. The van der Waals surface area contributed by atoms with Crippen molar-refractivity contribution in [3.8, 4) is 16.9 Å². The first kappa shape index (κ1) is 23.8. The second-order valence-corrected chi connectivity index (χ2v) is 9.39. The molecule has 182 valence electrons. The summed E-state index contributed by atoms with van der Waals surface area (Å²) >= 11 is 0. The van der Waals surface area contributed by atoms with Crippen LogP contribution in [0.1, 0.15) is 35.6 Å². The molecule has 1 aliphatic heterocycles. The van der Waals surface area contributed by atoms with E-state index < -0.39 is 5.97 Å². The highest BCUT2D eigenvalue weighted by Crippen LogP contribution is 2.35. The van der Waals surface area contributed by atoms with Crippen LogP contribution in [0, 0.1) is 5.92 Å². The van der Waals surface area contributed by atoms with Crippen molar-refractivity contribution >= 4 is 5.97 Å². The summed E-state index contributed by atoms with van der Waals surface area (Å²) in [5, 5.41) is 9.49. The van der Waals surface area contributed by atoms with Crippen molar-refractivity contribution in [3.05, 3.63) is 126 Å². The standard InChI is InChI=1S/C32H31NO3/c34-32(35)28-18-20-33(21-19-28)31(27-16-14-26(15-17-27)25-10-5-2-6-11-25)29-12-7-13-30(22-29)36-23-24-8-3-1-4-9-24/h1-17,22,28,31H,18-21,23H2,(H,34,35). The van der Waals surface area contributed by atoms with Crippen molar-refractivity contribution < 1.29 is 14.6 Å². The fourth-order valence-corrected chi connectivity index (χ4v) is 5.02. The van der Waals surface area contributed by atoms with E-state index in [0.29, 0.717) is 19.4 Å². The first-order chi connectivity index (χ1) is 17.7. The molecule has 0 aliphatic carbocycles. The molecule has 36 heavy (non-hydrogen) atoms. The minimum atomic E-state index is -0.685. The third-order valence-corrected chi connectivity index (χ3v) is 7.00. The number of nitrogens with zero attached hydrogens (tertiary/aromatic N) is 1. The number of carboxylic acid groups (broad SMARTS) is 1. The van der Waals surface area contributed by atoms with Crippen molar-refractivity contribution in [2.75, 3.05) is 13.1 Å². The number of carbonyl (C=O) groups is 1. The minimum absolute atomic E-state index is 0.0323. The molecule has 1 fully saturated rings. The third-order valence-electron chi connectivity index (χ3n) is 7.00. The van der Waals surface area contributed by atoms with Gasteiger partial charge in [0.25, 0.3) is 0 Å². The summed E-state index contributed by atoms with van der Waals surface area (Å²) in [4.78, 5) is 14.0. The molecule has 0 spiro atoms. The molecule has 1 unspecified atom stereocenters. The van der Waals surface area contributed by atoms with Gasteiger partial charge in [0, 0.05) is 0 Å². The van der Waals surface area contributed by atoms with Crippen LogP contribution in [0.4, 0.5) is 0 Å². The fraction of sp³-hybridized carbons (Fsp3) is 0.219. The number of aliphatic carboxylic acids is 1. The molecule has 0 bridgehead atoms. The van der Waals surface area contributed by atoms with Crippen LogP contribution >= 0.6 is 0 Å². The summed E-state index contributed by atoms with van der Waals surface area (Å²) in [6.07, 6.45) is 1.33. The van der Waals surface area contributed by atoms with E-state index in [2.05, 4.69) is 77.7 Å².